The molecule has 0 bridgehead atoms. The lowest BCUT2D eigenvalue weighted by Crippen LogP contribution is -2.28. The van der Waals surface area contributed by atoms with Crippen molar-refractivity contribution in [3.63, 3.8) is 0 Å². The summed E-state index contributed by atoms with van der Waals surface area (Å²) in [6, 6.07) is 12.8. The zero-order valence-electron chi connectivity index (χ0n) is 14.7. The summed E-state index contributed by atoms with van der Waals surface area (Å²) in [5, 5.41) is 7.39. The molecule has 4 N–H and O–H groups in total. The van der Waals surface area contributed by atoms with Gasteiger partial charge < -0.3 is 11.1 Å². The molecule has 0 aliphatic heterocycles. The predicted octanol–water partition coefficient (Wildman–Crippen LogP) is 3.45. The Balaban J connectivity index is 1.99. The molecular formula is C20H20N4O2. The number of hydrogen-bond acceptors (Lipinski definition) is 3. The van der Waals surface area contributed by atoms with Crippen LogP contribution in [0.5, 0.6) is 0 Å². The number of aryl methyl sites for hydroxylation is 1. The lowest BCUT2D eigenvalue weighted by molar-refractivity contribution is 0.100. The molecule has 0 spiro atoms. The standard InChI is InChI=1S/C20H20N4O2/c1-3-22-20(26)24-18-10-16-9-15(8-12(2)17(16)11-23-18)13-4-6-14(7-5-13)19(21)25/h4-11H,3H2,1-2H3,(H2,21,25)(H2,22,23,24,26). The van der Waals surface area contributed by atoms with Gasteiger partial charge in [-0.05, 0) is 60.2 Å². The van der Waals surface area contributed by atoms with Crippen molar-refractivity contribution in [2.45, 2.75) is 13.8 Å². The smallest absolute Gasteiger partial charge is 0.320 e. The second-order valence-corrected chi connectivity index (χ2v) is 6.01. The van der Waals surface area contributed by atoms with Crippen molar-refractivity contribution in [3.05, 3.63) is 59.8 Å². The number of benzene rings is 2. The highest BCUT2D eigenvalue weighted by Crippen LogP contribution is 2.28. The first-order chi connectivity index (χ1) is 12.5. The Kier molecular flexibility index (Phi) is 4.84. The van der Waals surface area contributed by atoms with E-state index in [1.54, 1.807) is 18.3 Å². The Morgan fingerprint density at radius 1 is 1.08 bits per heavy atom. The lowest BCUT2D eigenvalue weighted by Gasteiger charge is -2.10. The maximum absolute atomic E-state index is 11.7. The van der Waals surface area contributed by atoms with Gasteiger partial charge in [0.25, 0.3) is 0 Å². The highest BCUT2D eigenvalue weighted by Gasteiger charge is 2.08. The number of rotatable bonds is 4. The molecule has 0 saturated carbocycles. The second-order valence-electron chi connectivity index (χ2n) is 6.01. The monoisotopic (exact) mass is 348 g/mol. The van der Waals surface area contributed by atoms with Crippen LogP contribution in [-0.2, 0) is 0 Å². The minimum atomic E-state index is -0.446. The van der Waals surface area contributed by atoms with Gasteiger partial charge in [-0.1, -0.05) is 18.2 Å². The summed E-state index contributed by atoms with van der Waals surface area (Å²) in [5.74, 6) is 0.0439. The highest BCUT2D eigenvalue weighted by atomic mass is 16.2. The van der Waals surface area contributed by atoms with Gasteiger partial charge >= 0.3 is 6.03 Å². The van der Waals surface area contributed by atoms with Gasteiger partial charge in [0.2, 0.25) is 5.91 Å². The van der Waals surface area contributed by atoms with Gasteiger partial charge in [0, 0.05) is 23.7 Å². The average molecular weight is 348 g/mol. The molecule has 132 valence electrons. The van der Waals surface area contributed by atoms with E-state index in [2.05, 4.69) is 21.7 Å². The number of fused-ring (bicyclic) bond motifs is 1. The molecule has 6 heteroatoms. The van der Waals surface area contributed by atoms with E-state index in [0.717, 1.165) is 27.5 Å². The first-order valence-electron chi connectivity index (χ1n) is 8.33. The molecular weight excluding hydrogens is 328 g/mol. The van der Waals surface area contributed by atoms with Gasteiger partial charge in [0.1, 0.15) is 5.82 Å². The van der Waals surface area contributed by atoms with Gasteiger partial charge in [0.05, 0.1) is 0 Å². The summed E-state index contributed by atoms with van der Waals surface area (Å²) in [6.45, 7) is 4.42. The number of hydrogen-bond donors (Lipinski definition) is 3. The molecule has 0 radical (unpaired) electrons. The molecule has 3 rings (SSSR count). The van der Waals surface area contributed by atoms with E-state index >= 15 is 0 Å². The van der Waals surface area contributed by atoms with Crippen molar-refractivity contribution in [3.8, 4) is 11.1 Å². The molecule has 26 heavy (non-hydrogen) atoms. The lowest BCUT2D eigenvalue weighted by atomic mass is 9.98. The molecule has 0 fully saturated rings. The van der Waals surface area contributed by atoms with E-state index in [1.165, 1.54) is 0 Å². The zero-order chi connectivity index (χ0) is 18.7. The fraction of sp³-hybridized carbons (Fsp3) is 0.150. The highest BCUT2D eigenvalue weighted by molar-refractivity contribution is 5.95. The fourth-order valence-corrected chi connectivity index (χ4v) is 2.82. The van der Waals surface area contributed by atoms with Crippen LogP contribution in [0.4, 0.5) is 10.6 Å². The van der Waals surface area contributed by atoms with Crippen LogP contribution in [0.15, 0.2) is 48.7 Å². The molecule has 3 amide bonds. The van der Waals surface area contributed by atoms with E-state index in [-0.39, 0.29) is 6.03 Å². The summed E-state index contributed by atoms with van der Waals surface area (Å²) >= 11 is 0. The number of amides is 3. The molecule has 0 atom stereocenters. The Bertz CT molecular complexity index is 981. The van der Waals surface area contributed by atoms with Gasteiger partial charge in [0.15, 0.2) is 0 Å². The van der Waals surface area contributed by atoms with Crippen molar-refractivity contribution in [1.29, 1.82) is 0 Å². The molecule has 2 aromatic carbocycles. The second kappa shape index (κ2) is 7.23. The van der Waals surface area contributed by atoms with E-state index in [1.807, 2.05) is 38.1 Å². The number of aromatic nitrogens is 1. The first-order valence-corrected chi connectivity index (χ1v) is 8.33. The van der Waals surface area contributed by atoms with Crippen molar-refractivity contribution < 1.29 is 9.59 Å². The van der Waals surface area contributed by atoms with Crippen LogP contribution in [0, 0.1) is 6.92 Å². The van der Waals surface area contributed by atoms with Crippen LogP contribution in [0.25, 0.3) is 21.9 Å². The number of pyridine rings is 1. The number of nitrogens with zero attached hydrogens (tertiary/aromatic N) is 1. The number of nitrogens with one attached hydrogen (secondary N) is 2. The van der Waals surface area contributed by atoms with Crippen LogP contribution in [0.3, 0.4) is 0 Å². The van der Waals surface area contributed by atoms with Crippen LogP contribution >= 0.6 is 0 Å². The maximum atomic E-state index is 11.7. The average Bonchev–Trinajstić information content (AvgIpc) is 2.61. The van der Waals surface area contributed by atoms with Crippen molar-refractivity contribution >= 4 is 28.5 Å². The number of carbonyl (C=O) groups excluding carboxylic acids is 2. The summed E-state index contributed by atoms with van der Waals surface area (Å²) in [6.07, 6.45) is 1.76. The molecule has 0 unspecified atom stereocenters. The summed E-state index contributed by atoms with van der Waals surface area (Å²) in [5.41, 5.74) is 8.84. The van der Waals surface area contributed by atoms with Crippen molar-refractivity contribution in [1.82, 2.24) is 10.3 Å². The van der Waals surface area contributed by atoms with E-state index in [9.17, 15) is 9.59 Å². The minimum Gasteiger partial charge on any atom is -0.366 e. The van der Waals surface area contributed by atoms with Crippen molar-refractivity contribution in [2.75, 3.05) is 11.9 Å². The van der Waals surface area contributed by atoms with Gasteiger partial charge in [-0.15, -0.1) is 0 Å². The SMILES string of the molecule is CCNC(=O)Nc1cc2cc(-c3ccc(C(N)=O)cc3)cc(C)c2cn1. The first kappa shape index (κ1) is 17.4. The number of anilines is 1. The molecule has 0 aliphatic rings. The Morgan fingerprint density at radius 2 is 1.81 bits per heavy atom. The third-order valence-corrected chi connectivity index (χ3v) is 4.13. The molecule has 0 saturated heterocycles. The third-order valence-electron chi connectivity index (χ3n) is 4.13. The molecule has 3 aromatic rings. The largest absolute Gasteiger partial charge is 0.366 e. The van der Waals surface area contributed by atoms with E-state index in [0.29, 0.717) is 17.9 Å². The van der Waals surface area contributed by atoms with Crippen LogP contribution in [0.1, 0.15) is 22.8 Å². The minimum absolute atomic E-state index is 0.283. The number of carbonyl (C=O) groups is 2. The summed E-state index contributed by atoms with van der Waals surface area (Å²) in [7, 11) is 0. The predicted molar refractivity (Wildman–Crippen MR) is 103 cm³/mol. The summed E-state index contributed by atoms with van der Waals surface area (Å²) in [4.78, 5) is 27.2. The number of urea groups is 1. The normalized spacial score (nSPS) is 10.5. The number of nitrogens with two attached hydrogens (primary N) is 1. The molecule has 0 aliphatic carbocycles. The fourth-order valence-electron chi connectivity index (χ4n) is 2.82. The van der Waals surface area contributed by atoms with Gasteiger partial charge in [-0.3, -0.25) is 10.1 Å². The zero-order valence-corrected chi connectivity index (χ0v) is 14.7. The van der Waals surface area contributed by atoms with E-state index in [4.69, 9.17) is 5.73 Å². The number of primary amides is 1. The Labute approximate surface area is 151 Å². The maximum Gasteiger partial charge on any atom is 0.320 e. The molecule has 6 nitrogen and oxygen atoms in total. The van der Waals surface area contributed by atoms with Crippen LogP contribution in [-0.4, -0.2) is 23.5 Å². The quantitative estimate of drug-likeness (QED) is 0.673. The Hall–Kier alpha value is -3.41. The third kappa shape index (κ3) is 3.64. The van der Waals surface area contributed by atoms with Crippen LogP contribution < -0.4 is 16.4 Å². The molecule has 1 heterocycles. The Morgan fingerprint density at radius 3 is 2.46 bits per heavy atom. The van der Waals surface area contributed by atoms with Gasteiger partial charge in [-0.25, -0.2) is 9.78 Å². The van der Waals surface area contributed by atoms with E-state index < -0.39 is 5.91 Å². The molecule has 1 aromatic heterocycles. The summed E-state index contributed by atoms with van der Waals surface area (Å²) < 4.78 is 0. The van der Waals surface area contributed by atoms with Crippen LogP contribution in [0.2, 0.25) is 0 Å². The van der Waals surface area contributed by atoms with Gasteiger partial charge in [-0.2, -0.15) is 0 Å². The topological polar surface area (TPSA) is 97.1 Å². The van der Waals surface area contributed by atoms with Crippen molar-refractivity contribution in [2.24, 2.45) is 5.73 Å².